The molecule has 0 saturated heterocycles. The molecule has 4 rings (SSSR count). The van der Waals surface area contributed by atoms with Gasteiger partial charge in [-0.2, -0.15) is 0 Å². The number of aromatic nitrogens is 3. The summed E-state index contributed by atoms with van der Waals surface area (Å²) in [6.07, 6.45) is 6.31. The largest absolute Gasteiger partial charge is 0.333 e. The molecule has 3 heterocycles. The van der Waals surface area contributed by atoms with Crippen LogP contribution in [0.4, 0.5) is 0 Å². The molecule has 0 fully saturated rings. The lowest BCUT2D eigenvalue weighted by molar-refractivity contribution is 0.0739. The van der Waals surface area contributed by atoms with Crippen LogP contribution in [0.3, 0.4) is 0 Å². The molecule has 3 aromatic heterocycles. The van der Waals surface area contributed by atoms with Gasteiger partial charge in [0.05, 0.1) is 0 Å². The van der Waals surface area contributed by atoms with E-state index in [1.165, 1.54) is 4.88 Å². The van der Waals surface area contributed by atoms with Gasteiger partial charge in [-0.1, -0.05) is 36.4 Å². The van der Waals surface area contributed by atoms with Gasteiger partial charge in [0.15, 0.2) is 4.96 Å². The van der Waals surface area contributed by atoms with Gasteiger partial charge in [0.25, 0.3) is 5.91 Å². The summed E-state index contributed by atoms with van der Waals surface area (Å²) in [5.74, 6) is -0.0525. The third-order valence-corrected chi connectivity index (χ3v) is 5.27. The highest BCUT2D eigenvalue weighted by Crippen LogP contribution is 2.18. The summed E-state index contributed by atoms with van der Waals surface area (Å²) in [7, 11) is 0. The van der Waals surface area contributed by atoms with E-state index in [1.807, 2.05) is 77.1 Å². The maximum Gasteiger partial charge on any atom is 0.274 e. The Bertz CT molecular complexity index is 1010. The Morgan fingerprint density at radius 1 is 1.11 bits per heavy atom. The van der Waals surface area contributed by atoms with Crippen molar-refractivity contribution < 1.29 is 4.79 Å². The van der Waals surface area contributed by atoms with E-state index in [0.717, 1.165) is 16.2 Å². The molecule has 4 aromatic rings. The van der Waals surface area contributed by atoms with Crippen LogP contribution in [0.1, 0.15) is 26.6 Å². The summed E-state index contributed by atoms with van der Waals surface area (Å²) in [6, 6.07) is 15.9. The Labute approximate surface area is 161 Å². The minimum atomic E-state index is -0.0525. The second kappa shape index (κ2) is 7.72. The first kappa shape index (κ1) is 17.4. The zero-order valence-corrected chi connectivity index (χ0v) is 15.9. The molecular formula is C21H20N4OS. The van der Waals surface area contributed by atoms with Crippen LogP contribution in [0, 0.1) is 6.92 Å². The van der Waals surface area contributed by atoms with Gasteiger partial charge >= 0.3 is 0 Å². The maximum absolute atomic E-state index is 13.2. The van der Waals surface area contributed by atoms with Crippen molar-refractivity contribution >= 4 is 22.2 Å². The second-order valence-corrected chi connectivity index (χ2v) is 7.65. The minimum Gasteiger partial charge on any atom is -0.333 e. The van der Waals surface area contributed by atoms with Crippen LogP contribution >= 0.6 is 11.3 Å². The third kappa shape index (κ3) is 4.06. The van der Waals surface area contributed by atoms with Crippen molar-refractivity contribution in [3.05, 3.63) is 88.9 Å². The number of pyridine rings is 1. The molecule has 0 spiro atoms. The fraction of sp³-hybridized carbons (Fsp3) is 0.190. The molecule has 0 saturated carbocycles. The summed E-state index contributed by atoms with van der Waals surface area (Å²) in [5.41, 5.74) is 2.56. The Hall–Kier alpha value is -2.99. The number of hydrogen-bond donors (Lipinski definition) is 0. The number of thiazole rings is 1. The van der Waals surface area contributed by atoms with Crippen LogP contribution in [-0.4, -0.2) is 31.7 Å². The summed E-state index contributed by atoms with van der Waals surface area (Å²) in [4.78, 5) is 25.9. The molecule has 0 radical (unpaired) electrons. The lowest BCUT2D eigenvalue weighted by Gasteiger charge is -2.22. The molecule has 0 atom stereocenters. The first-order valence-corrected chi connectivity index (χ1v) is 9.69. The normalized spacial score (nSPS) is 11.0. The Morgan fingerprint density at radius 2 is 1.93 bits per heavy atom. The van der Waals surface area contributed by atoms with E-state index in [9.17, 15) is 4.79 Å². The van der Waals surface area contributed by atoms with Crippen molar-refractivity contribution in [3.8, 4) is 0 Å². The number of hydrogen-bond acceptors (Lipinski definition) is 4. The molecule has 1 amide bonds. The molecule has 6 heteroatoms. The second-order valence-electron chi connectivity index (χ2n) is 6.44. The fourth-order valence-electron chi connectivity index (χ4n) is 3.03. The molecule has 0 N–H and O–H groups in total. The van der Waals surface area contributed by atoms with E-state index in [4.69, 9.17) is 0 Å². The number of carbonyl (C=O) groups is 1. The highest BCUT2D eigenvalue weighted by molar-refractivity contribution is 7.17. The first-order valence-electron chi connectivity index (χ1n) is 8.87. The number of nitrogens with zero attached hydrogens (tertiary/aromatic N) is 4. The van der Waals surface area contributed by atoms with Crippen LogP contribution in [0.25, 0.3) is 4.96 Å². The van der Waals surface area contributed by atoms with Gasteiger partial charge in [-0.15, -0.1) is 11.3 Å². The average molecular weight is 376 g/mol. The molecule has 0 aliphatic rings. The minimum absolute atomic E-state index is 0.0525. The number of amides is 1. The molecular weight excluding hydrogens is 356 g/mol. The number of aryl methyl sites for hydroxylation is 1. The fourth-order valence-corrected chi connectivity index (χ4v) is 3.84. The highest BCUT2D eigenvalue weighted by Gasteiger charge is 2.20. The molecule has 136 valence electrons. The Kier molecular flexibility index (Phi) is 4.98. The van der Waals surface area contributed by atoms with Crippen LogP contribution in [0.5, 0.6) is 0 Å². The predicted octanol–water partition coefficient (Wildman–Crippen LogP) is 3.98. The lowest BCUT2D eigenvalue weighted by Crippen LogP contribution is -2.33. The van der Waals surface area contributed by atoms with Crippen LogP contribution < -0.4 is 0 Å². The zero-order valence-electron chi connectivity index (χ0n) is 15.1. The topological polar surface area (TPSA) is 50.5 Å². The van der Waals surface area contributed by atoms with Crippen molar-refractivity contribution in [2.24, 2.45) is 0 Å². The van der Waals surface area contributed by atoms with E-state index in [0.29, 0.717) is 25.2 Å². The van der Waals surface area contributed by atoms with Crippen molar-refractivity contribution in [2.75, 3.05) is 6.54 Å². The van der Waals surface area contributed by atoms with E-state index in [2.05, 4.69) is 9.97 Å². The van der Waals surface area contributed by atoms with Crippen molar-refractivity contribution in [3.63, 3.8) is 0 Å². The highest BCUT2D eigenvalue weighted by atomic mass is 32.1. The molecule has 0 unspecified atom stereocenters. The number of benzene rings is 1. The van der Waals surface area contributed by atoms with E-state index >= 15 is 0 Å². The summed E-state index contributed by atoms with van der Waals surface area (Å²) < 4.78 is 1.92. The van der Waals surface area contributed by atoms with Crippen LogP contribution in [-0.2, 0) is 13.0 Å². The Balaban J connectivity index is 1.57. The quantitative estimate of drug-likeness (QED) is 0.511. The third-order valence-electron chi connectivity index (χ3n) is 4.36. The van der Waals surface area contributed by atoms with Crippen molar-refractivity contribution in [2.45, 2.75) is 19.9 Å². The molecule has 5 nitrogen and oxygen atoms in total. The summed E-state index contributed by atoms with van der Waals surface area (Å²) in [5, 5.41) is 0. The van der Waals surface area contributed by atoms with Crippen LogP contribution in [0.2, 0.25) is 0 Å². The van der Waals surface area contributed by atoms with Gasteiger partial charge in [0.2, 0.25) is 0 Å². The molecule has 0 bridgehead atoms. The van der Waals surface area contributed by atoms with Gasteiger partial charge in [-0.3, -0.25) is 14.2 Å². The Morgan fingerprint density at radius 3 is 2.67 bits per heavy atom. The smallest absolute Gasteiger partial charge is 0.274 e. The molecule has 1 aromatic carbocycles. The average Bonchev–Trinajstić information content (AvgIpc) is 3.23. The van der Waals surface area contributed by atoms with Crippen molar-refractivity contribution in [1.29, 1.82) is 0 Å². The SMILES string of the molecule is Cc1cn2cc(C(=O)N(CCc3ccccn3)Cc3ccccc3)nc2s1. The monoisotopic (exact) mass is 376 g/mol. The molecule has 27 heavy (non-hydrogen) atoms. The molecule has 0 aliphatic carbocycles. The van der Waals surface area contributed by atoms with E-state index < -0.39 is 0 Å². The predicted molar refractivity (Wildman–Crippen MR) is 107 cm³/mol. The van der Waals surface area contributed by atoms with Gasteiger partial charge in [-0.25, -0.2) is 4.98 Å². The number of rotatable bonds is 6. The molecule has 0 aliphatic heterocycles. The standard InChI is InChI=1S/C21H20N4OS/c1-16-13-25-15-19(23-21(25)27-16)20(26)24(14-17-7-3-2-4-8-17)12-10-18-9-5-6-11-22-18/h2-9,11,13,15H,10,12,14H2,1H3. The lowest BCUT2D eigenvalue weighted by atomic mass is 10.2. The van der Waals surface area contributed by atoms with E-state index in [1.54, 1.807) is 17.5 Å². The zero-order chi connectivity index (χ0) is 18.6. The summed E-state index contributed by atoms with van der Waals surface area (Å²) in [6.45, 7) is 3.18. The maximum atomic E-state index is 13.2. The number of fused-ring (bicyclic) bond motifs is 1. The van der Waals surface area contributed by atoms with E-state index in [-0.39, 0.29) is 5.91 Å². The van der Waals surface area contributed by atoms with Gasteiger partial charge in [0, 0.05) is 48.7 Å². The first-order chi connectivity index (χ1) is 13.2. The number of carbonyl (C=O) groups excluding carboxylic acids is 1. The van der Waals surface area contributed by atoms with Gasteiger partial charge in [-0.05, 0) is 24.6 Å². The van der Waals surface area contributed by atoms with Crippen molar-refractivity contribution in [1.82, 2.24) is 19.3 Å². The van der Waals surface area contributed by atoms with Crippen LogP contribution in [0.15, 0.2) is 67.1 Å². The van der Waals surface area contributed by atoms with Gasteiger partial charge < -0.3 is 4.90 Å². The van der Waals surface area contributed by atoms with Gasteiger partial charge in [0.1, 0.15) is 5.69 Å². The summed E-state index contributed by atoms with van der Waals surface area (Å²) >= 11 is 1.59. The number of imidazole rings is 1.